The topological polar surface area (TPSA) is 100 Å². The summed E-state index contributed by atoms with van der Waals surface area (Å²) in [5.74, 6) is 1.77. The van der Waals surface area contributed by atoms with Crippen molar-refractivity contribution in [1.82, 2.24) is 30.3 Å². The molecule has 1 fully saturated rings. The lowest BCUT2D eigenvalue weighted by atomic mass is 10.2. The van der Waals surface area contributed by atoms with Gasteiger partial charge in [0.2, 0.25) is 17.6 Å². The molecule has 162 valence electrons. The first-order valence-corrected chi connectivity index (χ1v) is 10.6. The van der Waals surface area contributed by atoms with E-state index in [-0.39, 0.29) is 12.3 Å². The Kier molecular flexibility index (Phi) is 6.83. The molecule has 0 radical (unpaired) electrons. The maximum Gasteiger partial charge on any atom is 0.227 e. The summed E-state index contributed by atoms with van der Waals surface area (Å²) in [5.41, 5.74) is 1.62. The fourth-order valence-corrected chi connectivity index (χ4v) is 3.45. The van der Waals surface area contributed by atoms with Crippen molar-refractivity contribution < 1.29 is 9.32 Å². The average molecular weight is 422 g/mol. The number of nitrogens with zero attached hydrogens (tertiary/aromatic N) is 6. The van der Waals surface area contributed by atoms with Crippen molar-refractivity contribution in [2.24, 2.45) is 0 Å². The maximum atomic E-state index is 12.2. The van der Waals surface area contributed by atoms with Gasteiger partial charge in [0.25, 0.3) is 0 Å². The lowest BCUT2D eigenvalue weighted by Gasteiger charge is -2.21. The molecule has 4 rings (SSSR count). The molecule has 0 spiro atoms. The fraction of sp³-hybridized carbons (Fsp3) is 0.409. The minimum absolute atomic E-state index is 0.0720. The summed E-state index contributed by atoms with van der Waals surface area (Å²) < 4.78 is 5.22. The number of pyridine rings is 2. The molecule has 3 aromatic rings. The zero-order valence-corrected chi connectivity index (χ0v) is 17.7. The summed E-state index contributed by atoms with van der Waals surface area (Å²) in [4.78, 5) is 29.9. The molecule has 1 aliphatic heterocycles. The van der Waals surface area contributed by atoms with Gasteiger partial charge >= 0.3 is 0 Å². The van der Waals surface area contributed by atoms with E-state index in [9.17, 15) is 4.79 Å². The Bertz CT molecular complexity index is 975. The standard InChI is InChI=1S/C22H27N7O2/c1-28-11-4-12-29(14-13-28)19-7-6-17(15-24-19)16-25-20(30)8-9-21-26-22(27-31-21)18-5-2-3-10-23-18/h2-3,5-7,10,15H,4,8-9,11-14,16H2,1H3,(H,25,30). The molecule has 9 nitrogen and oxygen atoms in total. The Balaban J connectivity index is 1.22. The summed E-state index contributed by atoms with van der Waals surface area (Å²) in [5, 5.41) is 6.84. The van der Waals surface area contributed by atoms with Crippen LogP contribution in [0.4, 0.5) is 5.82 Å². The van der Waals surface area contributed by atoms with Gasteiger partial charge in [-0.2, -0.15) is 4.98 Å². The molecular formula is C22H27N7O2. The normalized spacial score (nSPS) is 14.9. The van der Waals surface area contributed by atoms with E-state index in [1.165, 1.54) is 0 Å². The second kappa shape index (κ2) is 10.1. The number of hydrogen-bond acceptors (Lipinski definition) is 8. The van der Waals surface area contributed by atoms with Gasteiger partial charge in [-0.1, -0.05) is 17.3 Å². The second-order valence-corrected chi connectivity index (χ2v) is 7.67. The van der Waals surface area contributed by atoms with Gasteiger partial charge in [0.05, 0.1) is 0 Å². The number of rotatable bonds is 7. The first-order chi connectivity index (χ1) is 15.2. The summed E-state index contributed by atoms with van der Waals surface area (Å²) in [6.07, 6.45) is 5.30. The number of anilines is 1. The van der Waals surface area contributed by atoms with Crippen LogP contribution in [0, 0.1) is 0 Å². The lowest BCUT2D eigenvalue weighted by Crippen LogP contribution is -2.29. The van der Waals surface area contributed by atoms with Gasteiger partial charge in [0, 0.05) is 51.4 Å². The van der Waals surface area contributed by atoms with E-state index in [1.54, 1.807) is 6.20 Å². The summed E-state index contributed by atoms with van der Waals surface area (Å²) >= 11 is 0. The Morgan fingerprint density at radius 1 is 1.13 bits per heavy atom. The number of likely N-dealkylation sites (N-methyl/N-ethyl adjacent to an activating group) is 1. The van der Waals surface area contributed by atoms with Gasteiger partial charge in [-0.05, 0) is 43.8 Å². The molecule has 1 N–H and O–H groups in total. The number of nitrogens with one attached hydrogen (secondary N) is 1. The van der Waals surface area contributed by atoms with Crippen molar-refractivity contribution in [3.8, 4) is 11.5 Å². The molecule has 0 unspecified atom stereocenters. The van der Waals surface area contributed by atoms with E-state index in [2.05, 4.69) is 42.3 Å². The molecular weight excluding hydrogens is 394 g/mol. The number of amides is 1. The highest BCUT2D eigenvalue weighted by Gasteiger charge is 2.14. The van der Waals surface area contributed by atoms with Crippen LogP contribution in [0.15, 0.2) is 47.2 Å². The molecule has 4 heterocycles. The first kappa shape index (κ1) is 20.9. The number of aromatic nitrogens is 4. The van der Waals surface area contributed by atoms with Crippen molar-refractivity contribution >= 4 is 11.7 Å². The maximum absolute atomic E-state index is 12.2. The van der Waals surface area contributed by atoms with Crippen LogP contribution in [0.1, 0.15) is 24.3 Å². The van der Waals surface area contributed by atoms with Crippen LogP contribution in [0.3, 0.4) is 0 Å². The molecule has 0 aromatic carbocycles. The molecule has 31 heavy (non-hydrogen) atoms. The molecule has 3 aromatic heterocycles. The summed E-state index contributed by atoms with van der Waals surface area (Å²) in [6.45, 7) is 4.61. The van der Waals surface area contributed by atoms with Crippen LogP contribution in [0.2, 0.25) is 0 Å². The predicted octanol–water partition coefficient (Wildman–Crippen LogP) is 1.92. The zero-order chi connectivity index (χ0) is 21.5. The number of aryl methyl sites for hydroxylation is 1. The highest BCUT2D eigenvalue weighted by Crippen LogP contribution is 2.15. The van der Waals surface area contributed by atoms with E-state index in [0.717, 1.165) is 44.0 Å². The lowest BCUT2D eigenvalue weighted by molar-refractivity contribution is -0.121. The van der Waals surface area contributed by atoms with Crippen molar-refractivity contribution in [2.45, 2.75) is 25.8 Å². The molecule has 1 aliphatic rings. The molecule has 0 atom stereocenters. The Morgan fingerprint density at radius 3 is 2.87 bits per heavy atom. The molecule has 1 saturated heterocycles. The third kappa shape index (κ3) is 5.85. The monoisotopic (exact) mass is 421 g/mol. The molecule has 9 heteroatoms. The van der Waals surface area contributed by atoms with Crippen LogP contribution < -0.4 is 10.2 Å². The average Bonchev–Trinajstić information content (AvgIpc) is 3.18. The van der Waals surface area contributed by atoms with E-state index in [1.807, 2.05) is 36.5 Å². The third-order valence-corrected chi connectivity index (χ3v) is 5.27. The molecule has 0 aliphatic carbocycles. The van der Waals surface area contributed by atoms with Gasteiger partial charge in [0.15, 0.2) is 0 Å². The number of carbonyl (C=O) groups is 1. The van der Waals surface area contributed by atoms with E-state index < -0.39 is 0 Å². The fourth-order valence-electron chi connectivity index (χ4n) is 3.45. The Morgan fingerprint density at radius 2 is 2.06 bits per heavy atom. The smallest absolute Gasteiger partial charge is 0.227 e. The van der Waals surface area contributed by atoms with Crippen LogP contribution >= 0.6 is 0 Å². The predicted molar refractivity (Wildman–Crippen MR) is 116 cm³/mol. The highest BCUT2D eigenvalue weighted by atomic mass is 16.5. The van der Waals surface area contributed by atoms with Crippen LogP contribution in [0.5, 0.6) is 0 Å². The molecule has 1 amide bonds. The second-order valence-electron chi connectivity index (χ2n) is 7.67. The minimum atomic E-state index is -0.0720. The van der Waals surface area contributed by atoms with Crippen LogP contribution in [-0.4, -0.2) is 64.1 Å². The largest absolute Gasteiger partial charge is 0.355 e. The van der Waals surface area contributed by atoms with Gasteiger partial charge in [-0.15, -0.1) is 0 Å². The molecule has 0 saturated carbocycles. The van der Waals surface area contributed by atoms with Crippen LogP contribution in [0.25, 0.3) is 11.5 Å². The Labute approximate surface area is 181 Å². The van der Waals surface area contributed by atoms with Crippen LogP contribution in [-0.2, 0) is 17.8 Å². The van der Waals surface area contributed by atoms with Crippen molar-refractivity contribution in [3.63, 3.8) is 0 Å². The van der Waals surface area contributed by atoms with E-state index in [0.29, 0.717) is 30.4 Å². The Hall–Kier alpha value is -3.33. The minimum Gasteiger partial charge on any atom is -0.355 e. The first-order valence-electron chi connectivity index (χ1n) is 10.6. The highest BCUT2D eigenvalue weighted by molar-refractivity contribution is 5.76. The van der Waals surface area contributed by atoms with Crippen molar-refractivity contribution in [3.05, 3.63) is 54.2 Å². The summed E-state index contributed by atoms with van der Waals surface area (Å²) in [7, 11) is 2.15. The third-order valence-electron chi connectivity index (χ3n) is 5.27. The molecule has 0 bridgehead atoms. The van der Waals surface area contributed by atoms with Gasteiger partial charge in [0.1, 0.15) is 11.5 Å². The number of carbonyl (C=O) groups excluding carboxylic acids is 1. The van der Waals surface area contributed by atoms with Gasteiger partial charge in [-0.25, -0.2) is 4.98 Å². The van der Waals surface area contributed by atoms with Gasteiger partial charge in [-0.3, -0.25) is 9.78 Å². The summed E-state index contributed by atoms with van der Waals surface area (Å²) in [6, 6.07) is 9.55. The van der Waals surface area contributed by atoms with E-state index >= 15 is 0 Å². The van der Waals surface area contributed by atoms with Crippen molar-refractivity contribution in [1.29, 1.82) is 0 Å². The SMILES string of the molecule is CN1CCCN(c2ccc(CNC(=O)CCc3nc(-c4ccccn4)no3)cn2)CC1. The number of hydrogen-bond donors (Lipinski definition) is 1. The van der Waals surface area contributed by atoms with E-state index in [4.69, 9.17) is 4.52 Å². The van der Waals surface area contributed by atoms with Gasteiger partial charge < -0.3 is 19.6 Å². The quantitative estimate of drug-likeness (QED) is 0.618. The van der Waals surface area contributed by atoms with Crippen molar-refractivity contribution in [2.75, 3.05) is 38.1 Å². The zero-order valence-electron chi connectivity index (χ0n) is 17.7.